The van der Waals surface area contributed by atoms with Gasteiger partial charge in [0.15, 0.2) is 0 Å². The molecule has 0 aliphatic heterocycles. The summed E-state index contributed by atoms with van der Waals surface area (Å²) in [4.78, 5) is 3.45. The standard InChI is InChI=1S/C8H9F3N2O/c9-8(10,11)14-13(12)6-7-4-2-1-3-5-7/h1-5H,6,12H2. The van der Waals surface area contributed by atoms with Gasteiger partial charge in [0.25, 0.3) is 0 Å². The largest absolute Gasteiger partial charge is 0.540 e. The van der Waals surface area contributed by atoms with E-state index in [-0.39, 0.29) is 11.7 Å². The smallest absolute Gasteiger partial charge is 0.245 e. The van der Waals surface area contributed by atoms with E-state index in [2.05, 4.69) is 4.84 Å². The molecule has 78 valence electrons. The molecule has 14 heavy (non-hydrogen) atoms. The van der Waals surface area contributed by atoms with E-state index >= 15 is 0 Å². The van der Waals surface area contributed by atoms with Crippen molar-refractivity contribution in [2.24, 2.45) is 5.84 Å². The minimum absolute atomic E-state index is 0.125. The molecule has 0 saturated heterocycles. The second-order valence-corrected chi connectivity index (χ2v) is 2.60. The lowest BCUT2D eigenvalue weighted by atomic mass is 10.2. The highest BCUT2D eigenvalue weighted by atomic mass is 19.4. The number of nitrogens with zero attached hydrogens (tertiary/aromatic N) is 1. The first-order chi connectivity index (χ1) is 6.47. The Labute approximate surface area is 78.8 Å². The highest BCUT2D eigenvalue weighted by Crippen LogP contribution is 2.17. The number of nitrogens with two attached hydrogens (primary N) is 1. The number of rotatable bonds is 3. The molecule has 1 aromatic rings. The molecule has 2 N–H and O–H groups in total. The van der Waals surface area contributed by atoms with Crippen LogP contribution in [0.2, 0.25) is 0 Å². The van der Waals surface area contributed by atoms with Gasteiger partial charge in [-0.05, 0) is 5.56 Å². The zero-order valence-corrected chi connectivity index (χ0v) is 7.16. The predicted octanol–water partition coefficient (Wildman–Crippen LogP) is 1.81. The van der Waals surface area contributed by atoms with E-state index in [0.717, 1.165) is 0 Å². The van der Waals surface area contributed by atoms with Gasteiger partial charge in [-0.2, -0.15) is 4.84 Å². The van der Waals surface area contributed by atoms with E-state index in [1.165, 1.54) is 0 Å². The lowest BCUT2D eigenvalue weighted by Gasteiger charge is -2.17. The van der Waals surface area contributed by atoms with Gasteiger partial charge in [-0.1, -0.05) is 30.3 Å². The van der Waals surface area contributed by atoms with Crippen molar-refractivity contribution in [2.75, 3.05) is 0 Å². The summed E-state index contributed by atoms with van der Waals surface area (Å²) in [7, 11) is 0. The second-order valence-electron chi connectivity index (χ2n) is 2.60. The molecular weight excluding hydrogens is 197 g/mol. The molecule has 0 spiro atoms. The van der Waals surface area contributed by atoms with Gasteiger partial charge in [0.2, 0.25) is 0 Å². The van der Waals surface area contributed by atoms with Gasteiger partial charge in [0, 0.05) is 0 Å². The van der Waals surface area contributed by atoms with Crippen LogP contribution >= 0.6 is 0 Å². The van der Waals surface area contributed by atoms with Gasteiger partial charge >= 0.3 is 6.36 Å². The molecule has 0 unspecified atom stereocenters. The number of hydrogen-bond acceptors (Lipinski definition) is 3. The fourth-order valence-corrected chi connectivity index (χ4v) is 0.929. The van der Waals surface area contributed by atoms with Crippen molar-refractivity contribution in [3.63, 3.8) is 0 Å². The van der Waals surface area contributed by atoms with Gasteiger partial charge in [0.05, 0.1) is 6.54 Å². The lowest BCUT2D eigenvalue weighted by Crippen LogP contribution is -2.36. The zero-order valence-electron chi connectivity index (χ0n) is 7.16. The fourth-order valence-electron chi connectivity index (χ4n) is 0.929. The Bertz CT molecular complexity index is 276. The normalized spacial score (nSPS) is 12.1. The number of hydrazine groups is 1. The fraction of sp³-hybridized carbons (Fsp3) is 0.250. The van der Waals surface area contributed by atoms with Crippen LogP contribution in [0.1, 0.15) is 5.56 Å². The maximum atomic E-state index is 11.7. The molecule has 0 heterocycles. The topological polar surface area (TPSA) is 38.5 Å². The van der Waals surface area contributed by atoms with Gasteiger partial charge in [-0.3, -0.25) is 0 Å². The molecule has 0 radical (unpaired) electrons. The third-order valence-electron chi connectivity index (χ3n) is 1.40. The van der Waals surface area contributed by atoms with Crippen LogP contribution in [0, 0.1) is 0 Å². The summed E-state index contributed by atoms with van der Waals surface area (Å²) in [6, 6.07) is 8.47. The summed E-state index contributed by atoms with van der Waals surface area (Å²) >= 11 is 0. The van der Waals surface area contributed by atoms with Crippen LogP contribution in [0.25, 0.3) is 0 Å². The SMILES string of the molecule is NN(Cc1ccccc1)OC(F)(F)F. The van der Waals surface area contributed by atoms with Crippen molar-refractivity contribution in [3.8, 4) is 0 Å². The lowest BCUT2D eigenvalue weighted by molar-refractivity contribution is -0.419. The van der Waals surface area contributed by atoms with Crippen LogP contribution in [0.3, 0.4) is 0 Å². The highest BCUT2D eigenvalue weighted by molar-refractivity contribution is 5.13. The first kappa shape index (κ1) is 11.0. The van der Waals surface area contributed by atoms with Crippen molar-refractivity contribution in [1.82, 2.24) is 5.17 Å². The quantitative estimate of drug-likeness (QED) is 0.605. The number of benzene rings is 1. The number of alkyl halides is 3. The van der Waals surface area contributed by atoms with Crippen LogP contribution in [0.4, 0.5) is 13.2 Å². The molecule has 0 fully saturated rings. The Kier molecular flexibility index (Phi) is 3.45. The summed E-state index contributed by atoms with van der Waals surface area (Å²) in [6.45, 7) is -0.125. The predicted molar refractivity (Wildman–Crippen MR) is 43.3 cm³/mol. The van der Waals surface area contributed by atoms with E-state index in [1.54, 1.807) is 30.3 Å². The second kappa shape index (κ2) is 4.41. The minimum atomic E-state index is -4.75. The average Bonchev–Trinajstić information content (AvgIpc) is 2.02. The molecule has 0 saturated carbocycles. The Hall–Kier alpha value is -1.11. The Morgan fingerprint density at radius 3 is 2.29 bits per heavy atom. The Balaban J connectivity index is 2.46. The zero-order chi connectivity index (χ0) is 10.6. The molecule has 1 aromatic carbocycles. The Morgan fingerprint density at radius 2 is 1.79 bits per heavy atom. The van der Waals surface area contributed by atoms with E-state index in [9.17, 15) is 13.2 Å². The minimum Gasteiger partial charge on any atom is -0.245 e. The number of hydroxylamine groups is 1. The molecule has 0 atom stereocenters. The molecule has 6 heteroatoms. The maximum Gasteiger partial charge on any atom is 0.540 e. The van der Waals surface area contributed by atoms with Crippen molar-refractivity contribution in [1.29, 1.82) is 0 Å². The summed E-state index contributed by atoms with van der Waals surface area (Å²) in [5.74, 6) is 4.98. The van der Waals surface area contributed by atoms with E-state index in [4.69, 9.17) is 5.84 Å². The monoisotopic (exact) mass is 206 g/mol. The third-order valence-corrected chi connectivity index (χ3v) is 1.40. The number of hydrogen-bond donors (Lipinski definition) is 1. The molecule has 1 rings (SSSR count). The van der Waals surface area contributed by atoms with Crippen molar-refractivity contribution in [2.45, 2.75) is 12.9 Å². The van der Waals surface area contributed by atoms with Crippen molar-refractivity contribution < 1.29 is 18.0 Å². The van der Waals surface area contributed by atoms with E-state index in [1.807, 2.05) is 0 Å². The molecular formula is C8H9F3N2O. The van der Waals surface area contributed by atoms with Gasteiger partial charge in [-0.15, -0.1) is 18.3 Å². The van der Waals surface area contributed by atoms with Crippen molar-refractivity contribution in [3.05, 3.63) is 35.9 Å². The van der Waals surface area contributed by atoms with Crippen molar-refractivity contribution >= 4 is 0 Å². The van der Waals surface area contributed by atoms with Gasteiger partial charge < -0.3 is 0 Å². The molecule has 0 aromatic heterocycles. The van der Waals surface area contributed by atoms with E-state index < -0.39 is 6.36 Å². The van der Waals surface area contributed by atoms with Crippen LogP contribution in [0.15, 0.2) is 30.3 Å². The van der Waals surface area contributed by atoms with Gasteiger partial charge in [0.1, 0.15) is 0 Å². The average molecular weight is 206 g/mol. The summed E-state index contributed by atoms with van der Waals surface area (Å²) < 4.78 is 35.0. The molecule has 0 aliphatic carbocycles. The first-order valence-corrected chi connectivity index (χ1v) is 3.79. The Morgan fingerprint density at radius 1 is 1.21 bits per heavy atom. The molecule has 0 amide bonds. The molecule has 0 bridgehead atoms. The molecule has 0 aliphatic rings. The highest BCUT2D eigenvalue weighted by Gasteiger charge is 2.32. The summed E-state index contributed by atoms with van der Waals surface area (Å²) in [6.07, 6.45) is -4.75. The van der Waals surface area contributed by atoms with Crippen LogP contribution in [-0.4, -0.2) is 11.5 Å². The first-order valence-electron chi connectivity index (χ1n) is 3.79. The van der Waals surface area contributed by atoms with Crippen LogP contribution in [0.5, 0.6) is 0 Å². The summed E-state index contributed by atoms with van der Waals surface area (Å²) in [5.41, 5.74) is 0.638. The maximum absolute atomic E-state index is 11.7. The van der Waals surface area contributed by atoms with E-state index in [0.29, 0.717) is 5.56 Å². The third kappa shape index (κ3) is 4.22. The summed E-state index contributed by atoms with van der Waals surface area (Å²) in [5, 5.41) is 0.245. The van der Waals surface area contributed by atoms with Crippen LogP contribution < -0.4 is 5.84 Å². The van der Waals surface area contributed by atoms with Gasteiger partial charge in [-0.25, -0.2) is 5.84 Å². The molecule has 3 nitrogen and oxygen atoms in total. The van der Waals surface area contributed by atoms with Crippen LogP contribution in [-0.2, 0) is 11.4 Å². The number of halogens is 3.